The van der Waals surface area contributed by atoms with Crippen molar-refractivity contribution in [2.45, 2.75) is 38.6 Å². The highest BCUT2D eigenvalue weighted by Crippen LogP contribution is 2.17. The molecule has 0 atom stereocenters. The minimum atomic E-state index is -0.309. The number of para-hydroxylation sites is 1. The van der Waals surface area contributed by atoms with E-state index in [1.54, 1.807) is 7.11 Å². The number of rotatable bonds is 7. The predicted octanol–water partition coefficient (Wildman–Crippen LogP) is 1.87. The number of ether oxygens (including phenoxy) is 1. The summed E-state index contributed by atoms with van der Waals surface area (Å²) >= 11 is 0. The van der Waals surface area contributed by atoms with Crippen molar-refractivity contribution in [1.82, 2.24) is 5.32 Å². The first-order valence-electron chi connectivity index (χ1n) is 6.72. The molecule has 19 heavy (non-hydrogen) atoms. The quantitative estimate of drug-likeness (QED) is 0.790. The fraction of sp³-hybridized carbons (Fsp3) is 0.533. The largest absolute Gasteiger partial charge is 0.496 e. The number of carbonyl (C=O) groups is 1. The smallest absolute Gasteiger partial charge is 0.224 e. The monoisotopic (exact) mass is 264 g/mol. The lowest BCUT2D eigenvalue weighted by Crippen LogP contribution is -2.49. The van der Waals surface area contributed by atoms with Crippen LogP contribution in [0.15, 0.2) is 24.3 Å². The average Bonchev–Trinajstić information content (AvgIpc) is 2.45. The molecule has 0 unspecified atom stereocenters. The molecule has 0 saturated heterocycles. The van der Waals surface area contributed by atoms with Crippen LogP contribution < -0.4 is 15.8 Å². The second-order valence-electron chi connectivity index (χ2n) is 4.83. The van der Waals surface area contributed by atoms with E-state index < -0.39 is 0 Å². The van der Waals surface area contributed by atoms with Crippen molar-refractivity contribution in [3.63, 3.8) is 0 Å². The van der Waals surface area contributed by atoms with E-state index in [1.165, 1.54) is 0 Å². The van der Waals surface area contributed by atoms with Crippen LogP contribution in [0.25, 0.3) is 0 Å². The summed E-state index contributed by atoms with van der Waals surface area (Å²) in [6, 6.07) is 7.54. The zero-order valence-electron chi connectivity index (χ0n) is 12.0. The SMILES string of the molecule is CCC(N)(CC)CNC(=O)Cc1ccccc1OC. The first-order chi connectivity index (χ1) is 9.04. The second kappa shape index (κ2) is 7.14. The van der Waals surface area contributed by atoms with E-state index in [0.29, 0.717) is 13.0 Å². The molecule has 0 saturated carbocycles. The van der Waals surface area contributed by atoms with Gasteiger partial charge < -0.3 is 15.8 Å². The van der Waals surface area contributed by atoms with E-state index in [-0.39, 0.29) is 11.4 Å². The summed E-state index contributed by atoms with van der Waals surface area (Å²) < 4.78 is 5.23. The fourth-order valence-electron chi connectivity index (χ4n) is 1.86. The molecule has 0 aliphatic carbocycles. The van der Waals surface area contributed by atoms with Crippen LogP contribution in [-0.4, -0.2) is 25.1 Å². The maximum absolute atomic E-state index is 11.9. The lowest BCUT2D eigenvalue weighted by Gasteiger charge is -2.26. The van der Waals surface area contributed by atoms with Crippen molar-refractivity contribution in [1.29, 1.82) is 0 Å². The van der Waals surface area contributed by atoms with E-state index >= 15 is 0 Å². The summed E-state index contributed by atoms with van der Waals surface area (Å²) in [5, 5.41) is 2.91. The summed E-state index contributed by atoms with van der Waals surface area (Å²) in [5.41, 5.74) is 6.73. The topological polar surface area (TPSA) is 64.3 Å². The van der Waals surface area contributed by atoms with Gasteiger partial charge in [-0.1, -0.05) is 32.0 Å². The van der Waals surface area contributed by atoms with Gasteiger partial charge in [0.15, 0.2) is 0 Å². The van der Waals surface area contributed by atoms with E-state index in [9.17, 15) is 4.79 Å². The van der Waals surface area contributed by atoms with Gasteiger partial charge >= 0.3 is 0 Å². The van der Waals surface area contributed by atoms with Gasteiger partial charge in [-0.05, 0) is 18.9 Å². The molecule has 3 N–H and O–H groups in total. The molecule has 4 heteroatoms. The second-order valence-corrected chi connectivity index (χ2v) is 4.83. The van der Waals surface area contributed by atoms with Crippen LogP contribution in [0.4, 0.5) is 0 Å². The van der Waals surface area contributed by atoms with Crippen LogP contribution >= 0.6 is 0 Å². The maximum atomic E-state index is 11.9. The number of amides is 1. The van der Waals surface area contributed by atoms with Crippen LogP contribution in [0.5, 0.6) is 5.75 Å². The van der Waals surface area contributed by atoms with E-state index in [1.807, 2.05) is 38.1 Å². The third-order valence-electron chi connectivity index (χ3n) is 3.59. The highest BCUT2D eigenvalue weighted by atomic mass is 16.5. The Balaban J connectivity index is 2.56. The summed E-state index contributed by atoms with van der Waals surface area (Å²) in [5.74, 6) is 0.712. The van der Waals surface area contributed by atoms with Crippen LogP contribution in [0.1, 0.15) is 32.3 Å². The Morgan fingerprint density at radius 1 is 1.32 bits per heavy atom. The molecule has 0 fully saturated rings. The van der Waals surface area contributed by atoms with Crippen LogP contribution in [0.2, 0.25) is 0 Å². The first kappa shape index (κ1) is 15.5. The molecular formula is C15H24N2O2. The Bertz CT molecular complexity index is 414. The van der Waals surface area contributed by atoms with Crippen LogP contribution in [0.3, 0.4) is 0 Å². The summed E-state index contributed by atoms with van der Waals surface area (Å²) in [7, 11) is 1.61. The lowest BCUT2D eigenvalue weighted by atomic mass is 9.94. The zero-order valence-corrected chi connectivity index (χ0v) is 12.0. The normalized spacial score (nSPS) is 11.2. The first-order valence-corrected chi connectivity index (χ1v) is 6.72. The zero-order chi connectivity index (χ0) is 14.3. The van der Waals surface area contributed by atoms with Crippen molar-refractivity contribution in [3.05, 3.63) is 29.8 Å². The molecule has 106 valence electrons. The Hall–Kier alpha value is -1.55. The van der Waals surface area contributed by atoms with E-state index in [0.717, 1.165) is 24.2 Å². The van der Waals surface area contributed by atoms with Crippen molar-refractivity contribution in [2.24, 2.45) is 5.73 Å². The highest BCUT2D eigenvalue weighted by molar-refractivity contribution is 5.79. The number of methoxy groups -OCH3 is 1. The minimum Gasteiger partial charge on any atom is -0.496 e. The van der Waals surface area contributed by atoms with Gasteiger partial charge in [-0.15, -0.1) is 0 Å². The molecule has 0 bridgehead atoms. The number of nitrogens with two attached hydrogens (primary N) is 1. The van der Waals surface area contributed by atoms with Crippen molar-refractivity contribution in [2.75, 3.05) is 13.7 Å². The molecule has 1 aromatic carbocycles. The molecule has 0 aliphatic rings. The summed E-state index contributed by atoms with van der Waals surface area (Å²) in [4.78, 5) is 11.9. The van der Waals surface area contributed by atoms with Crippen molar-refractivity contribution < 1.29 is 9.53 Å². The molecule has 0 aliphatic heterocycles. The molecule has 1 amide bonds. The van der Waals surface area contributed by atoms with Crippen molar-refractivity contribution >= 4 is 5.91 Å². The Labute approximate surface area is 115 Å². The van der Waals surface area contributed by atoms with Gasteiger partial charge in [0, 0.05) is 17.6 Å². The molecular weight excluding hydrogens is 240 g/mol. The highest BCUT2D eigenvalue weighted by Gasteiger charge is 2.21. The van der Waals surface area contributed by atoms with Gasteiger partial charge in [-0.2, -0.15) is 0 Å². The van der Waals surface area contributed by atoms with Crippen molar-refractivity contribution in [3.8, 4) is 5.75 Å². The Kier molecular flexibility index (Phi) is 5.83. The number of nitrogens with one attached hydrogen (secondary N) is 1. The maximum Gasteiger partial charge on any atom is 0.224 e. The number of benzene rings is 1. The number of hydrogen-bond acceptors (Lipinski definition) is 3. The average molecular weight is 264 g/mol. The summed E-state index contributed by atoms with van der Waals surface area (Å²) in [6.07, 6.45) is 2.00. The van der Waals surface area contributed by atoms with Gasteiger partial charge in [0.25, 0.3) is 0 Å². The molecule has 4 nitrogen and oxygen atoms in total. The molecule has 1 aromatic rings. The lowest BCUT2D eigenvalue weighted by molar-refractivity contribution is -0.120. The molecule has 0 radical (unpaired) electrons. The Morgan fingerprint density at radius 3 is 2.53 bits per heavy atom. The van der Waals surface area contributed by atoms with Gasteiger partial charge in [0.1, 0.15) is 5.75 Å². The van der Waals surface area contributed by atoms with Crippen LogP contribution in [0, 0.1) is 0 Å². The molecule has 0 spiro atoms. The Morgan fingerprint density at radius 2 is 1.95 bits per heavy atom. The fourth-order valence-corrected chi connectivity index (χ4v) is 1.86. The third-order valence-corrected chi connectivity index (χ3v) is 3.59. The third kappa shape index (κ3) is 4.56. The number of carbonyl (C=O) groups excluding carboxylic acids is 1. The minimum absolute atomic E-state index is 0.0266. The standard InChI is InChI=1S/C15H24N2O2/c1-4-15(16,5-2)11-17-14(18)10-12-8-6-7-9-13(12)19-3/h6-9H,4-5,10-11,16H2,1-3H3,(H,17,18). The van der Waals surface area contributed by atoms with E-state index in [2.05, 4.69) is 5.32 Å². The number of hydrogen-bond donors (Lipinski definition) is 2. The van der Waals surface area contributed by atoms with Gasteiger partial charge in [0.2, 0.25) is 5.91 Å². The van der Waals surface area contributed by atoms with Gasteiger partial charge in [-0.3, -0.25) is 4.79 Å². The molecule has 0 aromatic heterocycles. The van der Waals surface area contributed by atoms with E-state index in [4.69, 9.17) is 10.5 Å². The molecule has 1 rings (SSSR count). The predicted molar refractivity (Wildman–Crippen MR) is 77.2 cm³/mol. The molecule has 0 heterocycles. The summed E-state index contributed by atoms with van der Waals surface area (Å²) in [6.45, 7) is 4.58. The van der Waals surface area contributed by atoms with Crippen LogP contribution in [-0.2, 0) is 11.2 Å². The van der Waals surface area contributed by atoms with Gasteiger partial charge in [-0.25, -0.2) is 0 Å². The van der Waals surface area contributed by atoms with Gasteiger partial charge in [0.05, 0.1) is 13.5 Å².